The van der Waals surface area contributed by atoms with Crippen molar-refractivity contribution >= 4 is 17.6 Å². The SMILES string of the molecule is Cc1cccc(OCCOC(=O)c2ccc(N3CCCC3=O)cc2)c1. The molecule has 1 aliphatic rings. The minimum absolute atomic E-state index is 0.128. The molecule has 5 heteroatoms. The van der Waals surface area contributed by atoms with E-state index in [0.29, 0.717) is 18.6 Å². The lowest BCUT2D eigenvalue weighted by Gasteiger charge is -2.15. The first kappa shape index (κ1) is 17.0. The molecule has 25 heavy (non-hydrogen) atoms. The van der Waals surface area contributed by atoms with E-state index in [2.05, 4.69) is 0 Å². The number of carbonyl (C=O) groups excluding carboxylic acids is 2. The van der Waals surface area contributed by atoms with Crippen LogP contribution in [0, 0.1) is 6.92 Å². The highest BCUT2D eigenvalue weighted by atomic mass is 16.6. The van der Waals surface area contributed by atoms with Crippen molar-refractivity contribution in [2.24, 2.45) is 0 Å². The van der Waals surface area contributed by atoms with E-state index >= 15 is 0 Å². The summed E-state index contributed by atoms with van der Waals surface area (Å²) in [5, 5.41) is 0. The molecule has 2 aromatic rings. The van der Waals surface area contributed by atoms with Crippen molar-refractivity contribution in [1.29, 1.82) is 0 Å². The fourth-order valence-electron chi connectivity index (χ4n) is 2.78. The van der Waals surface area contributed by atoms with Gasteiger partial charge in [-0.25, -0.2) is 4.79 Å². The molecule has 0 saturated carbocycles. The van der Waals surface area contributed by atoms with Crippen molar-refractivity contribution in [2.75, 3.05) is 24.7 Å². The monoisotopic (exact) mass is 339 g/mol. The largest absolute Gasteiger partial charge is 0.490 e. The molecule has 130 valence electrons. The molecule has 0 atom stereocenters. The van der Waals surface area contributed by atoms with Gasteiger partial charge in [0.15, 0.2) is 0 Å². The second-order valence-electron chi connectivity index (χ2n) is 6.00. The Bertz CT molecular complexity index is 755. The predicted molar refractivity (Wildman–Crippen MR) is 95.0 cm³/mol. The van der Waals surface area contributed by atoms with Crippen LogP contribution in [0.2, 0.25) is 0 Å². The van der Waals surface area contributed by atoms with Crippen LogP contribution in [0.15, 0.2) is 48.5 Å². The average molecular weight is 339 g/mol. The Kier molecular flexibility index (Phi) is 5.33. The van der Waals surface area contributed by atoms with E-state index in [4.69, 9.17) is 9.47 Å². The number of ether oxygens (including phenoxy) is 2. The molecular formula is C20H21NO4. The Hall–Kier alpha value is -2.82. The van der Waals surface area contributed by atoms with Crippen LogP contribution < -0.4 is 9.64 Å². The van der Waals surface area contributed by atoms with E-state index in [1.54, 1.807) is 29.2 Å². The van der Waals surface area contributed by atoms with Gasteiger partial charge in [-0.3, -0.25) is 4.79 Å². The molecule has 2 aromatic carbocycles. The van der Waals surface area contributed by atoms with E-state index in [1.807, 2.05) is 31.2 Å². The standard InChI is InChI=1S/C20H21NO4/c1-15-4-2-5-18(14-15)24-12-13-25-20(23)16-7-9-17(10-8-16)21-11-3-6-19(21)22/h2,4-5,7-10,14H,3,6,11-13H2,1H3. The van der Waals surface area contributed by atoms with Crippen LogP contribution in [0.5, 0.6) is 5.75 Å². The van der Waals surface area contributed by atoms with Gasteiger partial charge in [0.1, 0.15) is 19.0 Å². The van der Waals surface area contributed by atoms with Gasteiger partial charge in [-0.05, 0) is 55.3 Å². The summed E-state index contributed by atoms with van der Waals surface area (Å²) < 4.78 is 10.8. The van der Waals surface area contributed by atoms with Crippen molar-refractivity contribution in [2.45, 2.75) is 19.8 Å². The second-order valence-corrected chi connectivity index (χ2v) is 6.00. The third-order valence-electron chi connectivity index (χ3n) is 4.06. The summed E-state index contributed by atoms with van der Waals surface area (Å²) in [7, 11) is 0. The molecule has 1 fully saturated rings. The van der Waals surface area contributed by atoms with E-state index in [-0.39, 0.29) is 12.5 Å². The molecule has 0 unspecified atom stereocenters. The summed E-state index contributed by atoms with van der Waals surface area (Å²) in [5.74, 6) is 0.492. The number of hydrogen-bond acceptors (Lipinski definition) is 4. The average Bonchev–Trinajstić information content (AvgIpc) is 3.05. The lowest BCUT2D eigenvalue weighted by molar-refractivity contribution is -0.117. The molecule has 5 nitrogen and oxygen atoms in total. The summed E-state index contributed by atoms with van der Waals surface area (Å²) in [4.78, 5) is 25.5. The molecular weight excluding hydrogens is 318 g/mol. The normalized spacial score (nSPS) is 13.8. The number of rotatable bonds is 6. The van der Waals surface area contributed by atoms with Crippen LogP contribution in [0.25, 0.3) is 0 Å². The van der Waals surface area contributed by atoms with E-state index in [1.165, 1.54) is 0 Å². The van der Waals surface area contributed by atoms with Crippen molar-refractivity contribution in [3.8, 4) is 5.75 Å². The Morgan fingerprint density at radius 3 is 2.60 bits per heavy atom. The summed E-state index contributed by atoms with van der Waals surface area (Å²) in [5.41, 5.74) is 2.40. The first-order chi connectivity index (χ1) is 12.1. The van der Waals surface area contributed by atoms with Crippen LogP contribution in [0.4, 0.5) is 5.69 Å². The molecule has 3 rings (SSSR count). The Morgan fingerprint density at radius 1 is 1.12 bits per heavy atom. The molecule has 0 N–H and O–H groups in total. The van der Waals surface area contributed by atoms with Gasteiger partial charge in [0.25, 0.3) is 0 Å². The summed E-state index contributed by atoms with van der Waals surface area (Å²) in [6, 6.07) is 14.6. The van der Waals surface area contributed by atoms with Crippen molar-refractivity contribution in [3.63, 3.8) is 0 Å². The van der Waals surface area contributed by atoms with Crippen LogP contribution in [0.1, 0.15) is 28.8 Å². The number of esters is 1. The van der Waals surface area contributed by atoms with Gasteiger partial charge < -0.3 is 14.4 Å². The number of anilines is 1. The van der Waals surface area contributed by atoms with E-state index < -0.39 is 5.97 Å². The fraction of sp³-hybridized carbons (Fsp3) is 0.300. The molecule has 0 bridgehead atoms. The highest BCUT2D eigenvalue weighted by Gasteiger charge is 2.21. The van der Waals surface area contributed by atoms with Crippen LogP contribution in [-0.2, 0) is 9.53 Å². The van der Waals surface area contributed by atoms with Crippen LogP contribution in [0.3, 0.4) is 0 Å². The van der Waals surface area contributed by atoms with Gasteiger partial charge >= 0.3 is 5.97 Å². The minimum atomic E-state index is -0.396. The molecule has 1 aliphatic heterocycles. The van der Waals surface area contributed by atoms with E-state index in [0.717, 1.165) is 30.0 Å². The van der Waals surface area contributed by atoms with Crippen LogP contribution >= 0.6 is 0 Å². The van der Waals surface area contributed by atoms with Crippen molar-refractivity contribution < 1.29 is 19.1 Å². The highest BCUT2D eigenvalue weighted by molar-refractivity contribution is 5.96. The highest BCUT2D eigenvalue weighted by Crippen LogP contribution is 2.21. The minimum Gasteiger partial charge on any atom is -0.490 e. The number of benzene rings is 2. The maximum atomic E-state index is 12.0. The Labute approximate surface area is 147 Å². The predicted octanol–water partition coefficient (Wildman–Crippen LogP) is 3.36. The van der Waals surface area contributed by atoms with Gasteiger partial charge in [-0.2, -0.15) is 0 Å². The number of carbonyl (C=O) groups is 2. The van der Waals surface area contributed by atoms with Gasteiger partial charge in [0.05, 0.1) is 5.56 Å². The van der Waals surface area contributed by atoms with Gasteiger partial charge in [0, 0.05) is 18.7 Å². The molecule has 1 saturated heterocycles. The Morgan fingerprint density at radius 2 is 1.92 bits per heavy atom. The molecule has 0 radical (unpaired) electrons. The zero-order chi connectivity index (χ0) is 17.6. The third-order valence-corrected chi connectivity index (χ3v) is 4.06. The van der Waals surface area contributed by atoms with Gasteiger partial charge in [-0.1, -0.05) is 12.1 Å². The van der Waals surface area contributed by atoms with E-state index in [9.17, 15) is 9.59 Å². The number of hydrogen-bond donors (Lipinski definition) is 0. The van der Waals surface area contributed by atoms with Crippen molar-refractivity contribution in [3.05, 3.63) is 59.7 Å². The lowest BCUT2D eigenvalue weighted by Crippen LogP contribution is -2.23. The quantitative estimate of drug-likeness (QED) is 0.598. The topological polar surface area (TPSA) is 55.8 Å². The Balaban J connectivity index is 1.47. The number of amides is 1. The van der Waals surface area contributed by atoms with Gasteiger partial charge in [0.2, 0.25) is 5.91 Å². The second kappa shape index (κ2) is 7.83. The lowest BCUT2D eigenvalue weighted by atomic mass is 10.2. The smallest absolute Gasteiger partial charge is 0.338 e. The summed E-state index contributed by atoms with van der Waals surface area (Å²) in [6.07, 6.45) is 1.47. The molecule has 0 spiro atoms. The number of nitrogens with zero attached hydrogens (tertiary/aromatic N) is 1. The van der Waals surface area contributed by atoms with Crippen LogP contribution in [-0.4, -0.2) is 31.6 Å². The molecule has 1 amide bonds. The zero-order valence-corrected chi connectivity index (χ0v) is 14.2. The summed E-state index contributed by atoms with van der Waals surface area (Å²) >= 11 is 0. The fourth-order valence-corrected chi connectivity index (χ4v) is 2.78. The summed E-state index contributed by atoms with van der Waals surface area (Å²) in [6.45, 7) is 3.21. The first-order valence-corrected chi connectivity index (χ1v) is 8.40. The van der Waals surface area contributed by atoms with Crippen molar-refractivity contribution in [1.82, 2.24) is 0 Å². The molecule has 0 aliphatic carbocycles. The maximum Gasteiger partial charge on any atom is 0.338 e. The molecule has 0 aromatic heterocycles. The van der Waals surface area contributed by atoms with Gasteiger partial charge in [-0.15, -0.1) is 0 Å². The number of aryl methyl sites for hydroxylation is 1. The third kappa shape index (κ3) is 4.38. The first-order valence-electron chi connectivity index (χ1n) is 8.40. The molecule has 1 heterocycles. The maximum absolute atomic E-state index is 12.0. The zero-order valence-electron chi connectivity index (χ0n) is 14.2.